The number of nitrogens with zero attached hydrogens (tertiary/aromatic N) is 3. The minimum Gasteiger partial charge on any atom is -0.506 e. The molecule has 0 atom stereocenters. The van der Waals surface area contributed by atoms with E-state index in [9.17, 15) is 25.3 Å². The second-order valence-corrected chi connectivity index (χ2v) is 5.25. The van der Waals surface area contributed by atoms with Crippen LogP contribution in [-0.2, 0) is 0 Å². The van der Waals surface area contributed by atoms with Crippen molar-refractivity contribution < 1.29 is 15.0 Å². The third kappa shape index (κ3) is 3.89. The van der Waals surface area contributed by atoms with E-state index in [0.717, 1.165) is 24.4 Å². The standard InChI is InChI=1S/C13H8Cl2N4O5/c14-8-3-7(13(20)10(15)4-8)6-16-17-11-2-1-9(18(21)22)5-12(11)19(23)24/h1-6,17,20H/b16-6+. The lowest BCUT2D eigenvalue weighted by molar-refractivity contribution is -0.393. The summed E-state index contributed by atoms with van der Waals surface area (Å²) in [6.45, 7) is 0. The van der Waals surface area contributed by atoms with Crippen LogP contribution in [0.2, 0.25) is 10.0 Å². The lowest BCUT2D eigenvalue weighted by Crippen LogP contribution is -1.99. The molecule has 0 fully saturated rings. The monoisotopic (exact) mass is 370 g/mol. The second-order valence-electron chi connectivity index (χ2n) is 4.41. The van der Waals surface area contributed by atoms with Gasteiger partial charge in [-0.3, -0.25) is 25.7 Å². The van der Waals surface area contributed by atoms with Crippen LogP contribution in [-0.4, -0.2) is 21.2 Å². The summed E-state index contributed by atoms with van der Waals surface area (Å²) in [6.07, 6.45) is 1.15. The van der Waals surface area contributed by atoms with Crippen LogP contribution in [0.3, 0.4) is 0 Å². The predicted octanol–water partition coefficient (Wildman–Crippen LogP) is 3.96. The molecule has 2 rings (SSSR count). The Hall–Kier alpha value is -2.91. The van der Waals surface area contributed by atoms with Gasteiger partial charge in [0.05, 0.1) is 27.2 Å². The van der Waals surface area contributed by atoms with Crippen LogP contribution < -0.4 is 5.43 Å². The van der Waals surface area contributed by atoms with Crippen LogP contribution in [0.4, 0.5) is 17.1 Å². The van der Waals surface area contributed by atoms with Crippen molar-refractivity contribution in [2.75, 3.05) is 5.43 Å². The maximum Gasteiger partial charge on any atom is 0.301 e. The van der Waals surface area contributed by atoms with Crippen molar-refractivity contribution in [2.45, 2.75) is 0 Å². The smallest absolute Gasteiger partial charge is 0.301 e. The molecule has 0 radical (unpaired) electrons. The molecule has 0 heterocycles. The molecular weight excluding hydrogens is 363 g/mol. The van der Waals surface area contributed by atoms with Crippen molar-refractivity contribution in [2.24, 2.45) is 5.10 Å². The van der Waals surface area contributed by atoms with Gasteiger partial charge in [0, 0.05) is 16.7 Å². The number of nitrogens with one attached hydrogen (secondary N) is 1. The first-order valence-electron chi connectivity index (χ1n) is 6.19. The summed E-state index contributed by atoms with van der Waals surface area (Å²) in [6, 6.07) is 5.78. The molecule has 0 aliphatic carbocycles. The average molecular weight is 371 g/mol. The number of nitro groups is 2. The highest BCUT2D eigenvalue weighted by Gasteiger charge is 2.19. The van der Waals surface area contributed by atoms with Crippen molar-refractivity contribution in [1.82, 2.24) is 0 Å². The van der Waals surface area contributed by atoms with Gasteiger partial charge in [0.25, 0.3) is 5.69 Å². The molecule has 0 amide bonds. The van der Waals surface area contributed by atoms with Gasteiger partial charge < -0.3 is 5.11 Å². The van der Waals surface area contributed by atoms with Gasteiger partial charge in [-0.1, -0.05) is 23.2 Å². The van der Waals surface area contributed by atoms with E-state index >= 15 is 0 Å². The summed E-state index contributed by atoms with van der Waals surface area (Å²) in [7, 11) is 0. The Morgan fingerprint density at radius 2 is 1.83 bits per heavy atom. The fourth-order valence-corrected chi connectivity index (χ4v) is 2.24. The van der Waals surface area contributed by atoms with Gasteiger partial charge >= 0.3 is 5.69 Å². The third-order valence-electron chi connectivity index (χ3n) is 2.84. The topological polar surface area (TPSA) is 131 Å². The van der Waals surface area contributed by atoms with Gasteiger partial charge in [-0.15, -0.1) is 0 Å². The molecule has 0 saturated heterocycles. The molecule has 2 N–H and O–H groups in total. The first-order chi connectivity index (χ1) is 11.3. The zero-order valence-electron chi connectivity index (χ0n) is 11.6. The number of hydrazone groups is 1. The molecule has 0 aromatic heterocycles. The number of phenols is 1. The van der Waals surface area contributed by atoms with Crippen molar-refractivity contribution in [3.05, 3.63) is 66.2 Å². The third-order valence-corrected chi connectivity index (χ3v) is 3.34. The maximum absolute atomic E-state index is 11.0. The van der Waals surface area contributed by atoms with Crippen molar-refractivity contribution in [1.29, 1.82) is 0 Å². The first-order valence-corrected chi connectivity index (χ1v) is 6.95. The van der Waals surface area contributed by atoms with E-state index in [1.165, 1.54) is 12.1 Å². The average Bonchev–Trinajstić information content (AvgIpc) is 2.51. The number of anilines is 1. The van der Waals surface area contributed by atoms with Gasteiger partial charge in [-0.05, 0) is 18.2 Å². The zero-order valence-corrected chi connectivity index (χ0v) is 13.2. The number of non-ortho nitro benzene ring substituents is 1. The summed E-state index contributed by atoms with van der Waals surface area (Å²) in [5, 5.41) is 35.5. The number of phenolic OH excluding ortho intramolecular Hbond substituents is 1. The Labute approximate surface area is 144 Å². The molecular formula is C13H8Cl2N4O5. The Morgan fingerprint density at radius 3 is 2.46 bits per heavy atom. The molecule has 124 valence electrons. The number of hydrogen-bond acceptors (Lipinski definition) is 7. The highest BCUT2D eigenvalue weighted by atomic mass is 35.5. The highest BCUT2D eigenvalue weighted by Crippen LogP contribution is 2.31. The van der Waals surface area contributed by atoms with Crippen LogP contribution in [0.1, 0.15) is 5.56 Å². The number of benzene rings is 2. The largest absolute Gasteiger partial charge is 0.506 e. The Morgan fingerprint density at radius 1 is 1.12 bits per heavy atom. The fourth-order valence-electron chi connectivity index (χ4n) is 1.73. The number of halogens is 2. The van der Waals surface area contributed by atoms with E-state index < -0.39 is 21.2 Å². The van der Waals surface area contributed by atoms with Crippen LogP contribution in [0.5, 0.6) is 5.75 Å². The lowest BCUT2D eigenvalue weighted by Gasteiger charge is -2.04. The molecule has 0 aliphatic heterocycles. The summed E-state index contributed by atoms with van der Waals surface area (Å²) in [5.74, 6) is -0.259. The highest BCUT2D eigenvalue weighted by molar-refractivity contribution is 6.36. The lowest BCUT2D eigenvalue weighted by atomic mass is 10.2. The van der Waals surface area contributed by atoms with Gasteiger partial charge in [0.15, 0.2) is 0 Å². The van der Waals surface area contributed by atoms with E-state index in [1.807, 2.05) is 0 Å². The van der Waals surface area contributed by atoms with Crippen LogP contribution >= 0.6 is 23.2 Å². The number of hydrogen-bond donors (Lipinski definition) is 2. The van der Waals surface area contributed by atoms with Crippen molar-refractivity contribution in [3.63, 3.8) is 0 Å². The Balaban J connectivity index is 2.29. The van der Waals surface area contributed by atoms with Gasteiger partial charge in [0.2, 0.25) is 0 Å². The molecule has 2 aromatic rings. The second kappa shape index (κ2) is 7.11. The van der Waals surface area contributed by atoms with Gasteiger partial charge in [-0.2, -0.15) is 5.10 Å². The van der Waals surface area contributed by atoms with E-state index in [2.05, 4.69) is 10.5 Å². The van der Waals surface area contributed by atoms with Gasteiger partial charge in [-0.25, -0.2) is 0 Å². The van der Waals surface area contributed by atoms with E-state index in [1.54, 1.807) is 0 Å². The summed E-state index contributed by atoms with van der Waals surface area (Å²) < 4.78 is 0. The molecule has 2 aromatic carbocycles. The SMILES string of the molecule is O=[N+]([O-])c1ccc(N/N=C/c2cc(Cl)cc(Cl)c2O)c([N+](=O)[O-])c1. The van der Waals surface area contributed by atoms with Crippen LogP contribution in [0.25, 0.3) is 0 Å². The van der Waals surface area contributed by atoms with E-state index in [4.69, 9.17) is 23.2 Å². The quantitative estimate of drug-likeness (QED) is 0.465. The normalized spacial score (nSPS) is 10.8. The Bertz CT molecular complexity index is 856. The summed E-state index contributed by atoms with van der Waals surface area (Å²) in [4.78, 5) is 20.1. The Kier molecular flexibility index (Phi) is 5.17. The molecule has 0 aliphatic rings. The maximum atomic E-state index is 11.0. The molecule has 24 heavy (non-hydrogen) atoms. The van der Waals surface area contributed by atoms with Crippen molar-refractivity contribution in [3.8, 4) is 5.75 Å². The zero-order chi connectivity index (χ0) is 17.9. The van der Waals surface area contributed by atoms with Gasteiger partial charge in [0.1, 0.15) is 11.4 Å². The fraction of sp³-hybridized carbons (Fsp3) is 0. The molecule has 0 unspecified atom stereocenters. The molecule has 0 spiro atoms. The molecule has 0 saturated carbocycles. The molecule has 9 nitrogen and oxygen atoms in total. The van der Waals surface area contributed by atoms with Crippen LogP contribution in [0, 0.1) is 20.2 Å². The minimum atomic E-state index is -0.779. The first kappa shape index (κ1) is 17.4. The predicted molar refractivity (Wildman–Crippen MR) is 89.1 cm³/mol. The summed E-state index contributed by atoms with van der Waals surface area (Å²) >= 11 is 11.6. The summed E-state index contributed by atoms with van der Waals surface area (Å²) in [5.41, 5.74) is 1.57. The number of aromatic hydroxyl groups is 1. The minimum absolute atomic E-state index is 0.0188. The number of rotatable bonds is 5. The molecule has 11 heteroatoms. The van der Waals surface area contributed by atoms with E-state index in [0.29, 0.717) is 0 Å². The molecule has 0 bridgehead atoms. The van der Waals surface area contributed by atoms with Crippen LogP contribution in [0.15, 0.2) is 35.4 Å². The van der Waals surface area contributed by atoms with E-state index in [-0.39, 0.29) is 27.0 Å². The van der Waals surface area contributed by atoms with Crippen molar-refractivity contribution >= 4 is 46.5 Å². The number of nitro benzene ring substituents is 2.